The van der Waals surface area contributed by atoms with Crippen LogP contribution in [0.3, 0.4) is 0 Å². The Kier molecular flexibility index (Phi) is 5.91. The molecule has 0 unspecified atom stereocenters. The maximum Gasteiger partial charge on any atom is 0.306 e. The molecule has 0 radical (unpaired) electrons. The quantitative estimate of drug-likeness (QED) is 0.728. The summed E-state index contributed by atoms with van der Waals surface area (Å²) in [5.74, 6) is 0.253. The number of amides is 2. The molecule has 2 fully saturated rings. The zero-order valence-corrected chi connectivity index (χ0v) is 15.2. The van der Waals surface area contributed by atoms with Gasteiger partial charge in [-0.25, -0.2) is 0 Å². The Morgan fingerprint density at radius 3 is 2.31 bits per heavy atom. The summed E-state index contributed by atoms with van der Waals surface area (Å²) in [7, 11) is 0. The van der Waals surface area contributed by atoms with Gasteiger partial charge < -0.3 is 14.5 Å². The van der Waals surface area contributed by atoms with Crippen LogP contribution < -0.4 is 0 Å². The number of ether oxygens (including phenoxy) is 1. The van der Waals surface area contributed by atoms with Gasteiger partial charge in [0.05, 0.1) is 13.0 Å². The number of esters is 1. The largest absolute Gasteiger partial charge is 0.466 e. The molecular formula is C20H26N2O4. The number of hydrogen-bond acceptors (Lipinski definition) is 4. The van der Waals surface area contributed by atoms with Crippen LogP contribution in [-0.2, 0) is 19.1 Å². The van der Waals surface area contributed by atoms with Gasteiger partial charge in [-0.2, -0.15) is 0 Å². The highest BCUT2D eigenvalue weighted by molar-refractivity contribution is 5.84. The van der Waals surface area contributed by atoms with Gasteiger partial charge in [0.1, 0.15) is 0 Å². The average Bonchev–Trinajstić information content (AvgIpc) is 3.47. The van der Waals surface area contributed by atoms with Gasteiger partial charge in [-0.05, 0) is 24.8 Å². The molecule has 0 spiro atoms. The Morgan fingerprint density at radius 1 is 1.00 bits per heavy atom. The summed E-state index contributed by atoms with van der Waals surface area (Å²) in [6.07, 6.45) is 1.21. The van der Waals surface area contributed by atoms with E-state index in [9.17, 15) is 14.4 Å². The first-order valence-electron chi connectivity index (χ1n) is 9.37. The molecule has 2 amide bonds. The van der Waals surface area contributed by atoms with E-state index in [0.717, 1.165) is 6.42 Å². The highest BCUT2D eigenvalue weighted by atomic mass is 16.5. The summed E-state index contributed by atoms with van der Waals surface area (Å²) in [6.45, 7) is 4.30. The van der Waals surface area contributed by atoms with E-state index in [2.05, 4.69) is 12.1 Å². The Balaban J connectivity index is 1.42. The second-order valence-corrected chi connectivity index (χ2v) is 6.87. The van der Waals surface area contributed by atoms with Crippen LogP contribution in [0, 0.1) is 5.92 Å². The van der Waals surface area contributed by atoms with E-state index in [1.807, 2.05) is 23.1 Å². The lowest BCUT2D eigenvalue weighted by Gasteiger charge is -2.35. The van der Waals surface area contributed by atoms with Crippen LogP contribution in [0.4, 0.5) is 0 Å². The summed E-state index contributed by atoms with van der Waals surface area (Å²) in [4.78, 5) is 39.8. The van der Waals surface area contributed by atoms with Crippen molar-refractivity contribution in [3.8, 4) is 0 Å². The average molecular weight is 358 g/mol. The fraction of sp³-hybridized carbons (Fsp3) is 0.550. The number of hydrogen-bond donors (Lipinski definition) is 0. The van der Waals surface area contributed by atoms with Crippen molar-refractivity contribution in [3.63, 3.8) is 0 Å². The zero-order valence-electron chi connectivity index (χ0n) is 15.2. The molecule has 1 heterocycles. The molecule has 26 heavy (non-hydrogen) atoms. The van der Waals surface area contributed by atoms with Crippen molar-refractivity contribution in [1.29, 1.82) is 0 Å². The molecule has 1 saturated carbocycles. The Labute approximate surface area is 154 Å². The van der Waals surface area contributed by atoms with Crippen LogP contribution in [0.2, 0.25) is 0 Å². The van der Waals surface area contributed by atoms with E-state index in [4.69, 9.17) is 4.74 Å². The molecule has 0 bridgehead atoms. The minimum absolute atomic E-state index is 0.0428. The number of rotatable bonds is 6. The topological polar surface area (TPSA) is 66.9 Å². The molecule has 1 aliphatic heterocycles. The minimum Gasteiger partial charge on any atom is -0.466 e. The summed E-state index contributed by atoms with van der Waals surface area (Å²) >= 11 is 0. The molecule has 6 heteroatoms. The first kappa shape index (κ1) is 18.4. The standard InChI is InChI=1S/C20H26N2O4/c1-2-26-19(24)9-8-18(23)21-10-12-22(13-11-21)20(25)17-14-16(17)15-6-4-3-5-7-15/h3-7,16-17H,2,8-14H2,1H3/t16-,17+/m0/s1. The van der Waals surface area contributed by atoms with Gasteiger partial charge in [-0.1, -0.05) is 30.3 Å². The number of nitrogens with zero attached hydrogens (tertiary/aromatic N) is 2. The fourth-order valence-corrected chi connectivity index (χ4v) is 3.55. The summed E-state index contributed by atoms with van der Waals surface area (Å²) in [6, 6.07) is 10.2. The van der Waals surface area contributed by atoms with E-state index in [-0.39, 0.29) is 36.5 Å². The molecule has 6 nitrogen and oxygen atoms in total. The van der Waals surface area contributed by atoms with E-state index >= 15 is 0 Å². The third-order valence-electron chi connectivity index (χ3n) is 5.13. The van der Waals surface area contributed by atoms with Gasteiger partial charge in [0.15, 0.2) is 0 Å². The van der Waals surface area contributed by atoms with Gasteiger partial charge in [0.25, 0.3) is 0 Å². The van der Waals surface area contributed by atoms with Crippen LogP contribution >= 0.6 is 0 Å². The predicted molar refractivity (Wildman–Crippen MR) is 96.3 cm³/mol. The van der Waals surface area contributed by atoms with Crippen molar-refractivity contribution in [1.82, 2.24) is 9.80 Å². The molecule has 1 aromatic rings. The van der Waals surface area contributed by atoms with Crippen molar-refractivity contribution >= 4 is 17.8 Å². The third kappa shape index (κ3) is 4.42. The summed E-state index contributed by atoms with van der Waals surface area (Å²) < 4.78 is 4.85. The van der Waals surface area contributed by atoms with Crippen molar-refractivity contribution in [2.24, 2.45) is 5.92 Å². The molecule has 2 aliphatic rings. The lowest BCUT2D eigenvalue weighted by atomic mass is 10.1. The van der Waals surface area contributed by atoms with Gasteiger partial charge in [-0.15, -0.1) is 0 Å². The number of carbonyl (C=O) groups is 3. The van der Waals surface area contributed by atoms with Crippen LogP contribution in [0.1, 0.15) is 37.7 Å². The molecule has 0 N–H and O–H groups in total. The smallest absolute Gasteiger partial charge is 0.306 e. The molecular weight excluding hydrogens is 332 g/mol. The maximum atomic E-state index is 12.7. The van der Waals surface area contributed by atoms with E-state index in [1.54, 1.807) is 11.8 Å². The Bertz CT molecular complexity index is 653. The lowest BCUT2D eigenvalue weighted by Crippen LogP contribution is -2.51. The Morgan fingerprint density at radius 2 is 1.65 bits per heavy atom. The second kappa shape index (κ2) is 8.34. The number of benzene rings is 1. The molecule has 1 aromatic carbocycles. The van der Waals surface area contributed by atoms with Crippen LogP contribution in [0.15, 0.2) is 30.3 Å². The Hall–Kier alpha value is -2.37. The normalized spacial score (nSPS) is 22.0. The molecule has 140 valence electrons. The van der Waals surface area contributed by atoms with Crippen molar-refractivity contribution in [3.05, 3.63) is 35.9 Å². The third-order valence-corrected chi connectivity index (χ3v) is 5.13. The SMILES string of the molecule is CCOC(=O)CCC(=O)N1CCN(C(=O)[C@@H]2C[C@H]2c2ccccc2)CC1. The van der Waals surface area contributed by atoms with Crippen LogP contribution in [-0.4, -0.2) is 60.4 Å². The fourth-order valence-electron chi connectivity index (χ4n) is 3.55. The maximum absolute atomic E-state index is 12.7. The molecule has 1 saturated heterocycles. The molecule has 3 rings (SSSR count). The van der Waals surface area contributed by atoms with Crippen LogP contribution in [0.25, 0.3) is 0 Å². The van der Waals surface area contributed by atoms with Crippen molar-refractivity contribution < 1.29 is 19.1 Å². The van der Waals surface area contributed by atoms with Crippen molar-refractivity contribution in [2.75, 3.05) is 32.8 Å². The summed E-state index contributed by atoms with van der Waals surface area (Å²) in [5.41, 5.74) is 1.23. The van der Waals surface area contributed by atoms with Crippen LogP contribution in [0.5, 0.6) is 0 Å². The monoisotopic (exact) mass is 358 g/mol. The highest BCUT2D eigenvalue weighted by Crippen LogP contribution is 2.48. The number of carbonyl (C=O) groups excluding carboxylic acids is 3. The second-order valence-electron chi connectivity index (χ2n) is 6.87. The highest BCUT2D eigenvalue weighted by Gasteiger charge is 2.46. The zero-order chi connectivity index (χ0) is 18.5. The molecule has 2 atom stereocenters. The van der Waals surface area contributed by atoms with E-state index in [0.29, 0.717) is 38.7 Å². The van der Waals surface area contributed by atoms with E-state index < -0.39 is 0 Å². The molecule has 1 aliphatic carbocycles. The predicted octanol–water partition coefficient (Wildman–Crippen LogP) is 1.80. The molecule has 0 aromatic heterocycles. The summed E-state index contributed by atoms with van der Waals surface area (Å²) in [5, 5.41) is 0. The number of piperazine rings is 1. The first-order chi connectivity index (χ1) is 12.6. The van der Waals surface area contributed by atoms with Gasteiger partial charge in [-0.3, -0.25) is 14.4 Å². The van der Waals surface area contributed by atoms with Gasteiger partial charge in [0.2, 0.25) is 11.8 Å². The van der Waals surface area contributed by atoms with Gasteiger partial charge >= 0.3 is 5.97 Å². The van der Waals surface area contributed by atoms with Crippen molar-refractivity contribution in [2.45, 2.75) is 32.1 Å². The first-order valence-corrected chi connectivity index (χ1v) is 9.37. The van der Waals surface area contributed by atoms with Gasteiger partial charge in [0, 0.05) is 38.5 Å². The lowest BCUT2D eigenvalue weighted by molar-refractivity contribution is -0.146. The minimum atomic E-state index is -0.338. The van der Waals surface area contributed by atoms with E-state index in [1.165, 1.54) is 5.56 Å².